The summed E-state index contributed by atoms with van der Waals surface area (Å²) in [6.07, 6.45) is 1.98. The van der Waals surface area contributed by atoms with Crippen LogP contribution in [0.3, 0.4) is 0 Å². The van der Waals surface area contributed by atoms with Gasteiger partial charge in [-0.15, -0.1) is 0 Å². The third-order valence-corrected chi connectivity index (χ3v) is 5.03. The Morgan fingerprint density at radius 2 is 2.07 bits per heavy atom. The summed E-state index contributed by atoms with van der Waals surface area (Å²) in [4.78, 5) is 12.4. The second kappa shape index (κ2) is 9.92. The van der Waals surface area contributed by atoms with E-state index in [2.05, 4.69) is 37.3 Å². The van der Waals surface area contributed by atoms with E-state index in [4.69, 9.17) is 9.47 Å². The second-order valence-electron chi connectivity index (χ2n) is 7.14. The first-order valence-electron chi connectivity index (χ1n) is 9.54. The third-order valence-electron chi connectivity index (χ3n) is 4.54. The van der Waals surface area contributed by atoms with E-state index in [9.17, 15) is 9.90 Å². The van der Waals surface area contributed by atoms with Crippen LogP contribution in [-0.2, 0) is 4.79 Å². The van der Waals surface area contributed by atoms with Crippen molar-refractivity contribution in [3.05, 3.63) is 52.0 Å². The number of amides is 1. The zero-order valence-electron chi connectivity index (χ0n) is 17.0. The van der Waals surface area contributed by atoms with Crippen molar-refractivity contribution in [2.24, 2.45) is 5.10 Å². The Kier molecular flexibility index (Phi) is 7.30. The highest BCUT2D eigenvalue weighted by molar-refractivity contribution is 9.10. The first kappa shape index (κ1) is 22.1. The van der Waals surface area contributed by atoms with Crippen LogP contribution in [0.4, 0.5) is 0 Å². The Morgan fingerprint density at radius 3 is 2.80 bits per heavy atom. The van der Waals surface area contributed by atoms with Gasteiger partial charge in [0.05, 0.1) is 19.4 Å². The van der Waals surface area contributed by atoms with E-state index in [1.165, 1.54) is 6.21 Å². The zero-order valence-corrected chi connectivity index (χ0v) is 18.6. The molecule has 1 fully saturated rings. The van der Waals surface area contributed by atoms with Gasteiger partial charge >= 0.3 is 0 Å². The minimum absolute atomic E-state index is 0.0450. The maximum absolute atomic E-state index is 12.4. The number of nitrogens with zero attached hydrogens (tertiary/aromatic N) is 1. The lowest BCUT2D eigenvalue weighted by molar-refractivity contribution is -0.122. The molecular weight excluding hydrogens is 452 g/mol. The Labute approximate surface area is 183 Å². The van der Waals surface area contributed by atoms with Crippen LogP contribution in [0.1, 0.15) is 37.4 Å². The van der Waals surface area contributed by atoms with Crippen molar-refractivity contribution in [1.82, 2.24) is 16.3 Å². The highest BCUT2D eigenvalue weighted by atomic mass is 79.9. The predicted octanol–water partition coefficient (Wildman–Crippen LogP) is 3.01. The summed E-state index contributed by atoms with van der Waals surface area (Å²) in [7, 11) is 1.60. The predicted molar refractivity (Wildman–Crippen MR) is 118 cm³/mol. The average Bonchev–Trinajstić information content (AvgIpc) is 3.21. The molecule has 2 aromatic carbocycles. The maximum atomic E-state index is 12.4. The van der Waals surface area contributed by atoms with Crippen LogP contribution in [0.25, 0.3) is 0 Å². The minimum Gasteiger partial charge on any atom is -0.507 e. The molecule has 0 spiro atoms. The topological polar surface area (TPSA) is 104 Å². The third kappa shape index (κ3) is 5.50. The number of carbonyl (C=O) groups is 1. The van der Waals surface area contributed by atoms with E-state index >= 15 is 0 Å². The van der Waals surface area contributed by atoms with Crippen molar-refractivity contribution in [1.29, 1.82) is 0 Å². The number of hydrazone groups is 1. The van der Waals surface area contributed by atoms with E-state index in [1.807, 2.05) is 32.0 Å². The molecule has 9 heteroatoms. The fraction of sp³-hybridized carbons (Fsp3) is 0.333. The number of rotatable bonds is 7. The van der Waals surface area contributed by atoms with Gasteiger partial charge in [-0.1, -0.05) is 22.0 Å². The highest BCUT2D eigenvalue weighted by Gasteiger charge is 2.30. The summed E-state index contributed by atoms with van der Waals surface area (Å²) in [5.41, 5.74) is 10.1. The fourth-order valence-electron chi connectivity index (χ4n) is 3.07. The molecule has 0 aromatic heterocycles. The molecule has 2 atom stereocenters. The van der Waals surface area contributed by atoms with Gasteiger partial charge in [-0.2, -0.15) is 5.10 Å². The highest BCUT2D eigenvalue weighted by Crippen LogP contribution is 2.33. The van der Waals surface area contributed by atoms with E-state index in [-0.39, 0.29) is 23.8 Å². The number of methoxy groups -OCH3 is 1. The van der Waals surface area contributed by atoms with Gasteiger partial charge in [0, 0.05) is 16.1 Å². The average molecular weight is 477 g/mol. The standard InChI is InChI=1S/C21H25BrN4O4/c1-12(2)30-19-7-4-13(9-20(19)29-3)16-10-17(25-24-16)21(28)26-23-11-14-8-15(22)5-6-18(14)27/h4-9,11-12,16-17,24-25,27H,10H2,1-3H3,(H,26,28)/b23-11+. The smallest absolute Gasteiger partial charge is 0.258 e. The number of nitrogens with one attached hydrogen (secondary N) is 3. The number of benzene rings is 2. The molecule has 1 heterocycles. The molecule has 30 heavy (non-hydrogen) atoms. The molecule has 1 amide bonds. The lowest BCUT2D eigenvalue weighted by Gasteiger charge is -2.16. The molecule has 8 nitrogen and oxygen atoms in total. The van der Waals surface area contributed by atoms with E-state index in [0.717, 1.165) is 10.0 Å². The summed E-state index contributed by atoms with van der Waals surface area (Å²) in [6, 6.07) is 10.2. The van der Waals surface area contributed by atoms with Crippen molar-refractivity contribution < 1.29 is 19.4 Å². The molecule has 160 valence electrons. The molecule has 0 aliphatic carbocycles. The van der Waals surface area contributed by atoms with Crippen LogP contribution >= 0.6 is 15.9 Å². The van der Waals surface area contributed by atoms with Crippen molar-refractivity contribution in [2.75, 3.05) is 7.11 Å². The van der Waals surface area contributed by atoms with Gasteiger partial charge in [-0.25, -0.2) is 16.3 Å². The molecule has 1 aliphatic heterocycles. The summed E-state index contributed by atoms with van der Waals surface area (Å²) in [6.45, 7) is 3.92. The lowest BCUT2D eigenvalue weighted by atomic mass is 10.0. The molecule has 0 radical (unpaired) electrons. The Hall–Kier alpha value is -2.62. The monoisotopic (exact) mass is 476 g/mol. The van der Waals surface area contributed by atoms with Gasteiger partial charge in [0.1, 0.15) is 11.8 Å². The first-order chi connectivity index (χ1) is 14.4. The molecule has 0 saturated carbocycles. The lowest BCUT2D eigenvalue weighted by Crippen LogP contribution is -2.41. The minimum atomic E-state index is -0.458. The van der Waals surface area contributed by atoms with E-state index in [1.54, 1.807) is 25.3 Å². The number of carbonyl (C=O) groups excluding carboxylic acids is 1. The molecule has 1 aliphatic rings. The molecule has 4 N–H and O–H groups in total. The summed E-state index contributed by atoms with van der Waals surface area (Å²) in [5.74, 6) is 1.13. The number of aromatic hydroxyl groups is 1. The van der Waals surface area contributed by atoms with Crippen molar-refractivity contribution >= 4 is 28.1 Å². The molecule has 2 aromatic rings. The number of phenols is 1. The number of hydrazine groups is 1. The van der Waals surface area contributed by atoms with Gasteiger partial charge in [-0.3, -0.25) is 4.79 Å². The Balaban J connectivity index is 1.60. The molecule has 1 saturated heterocycles. The van der Waals surface area contributed by atoms with Crippen molar-refractivity contribution in [2.45, 2.75) is 38.5 Å². The number of hydrogen-bond donors (Lipinski definition) is 4. The van der Waals surface area contributed by atoms with E-state index < -0.39 is 6.04 Å². The quantitative estimate of drug-likeness (QED) is 0.361. The van der Waals surface area contributed by atoms with Crippen LogP contribution in [0.5, 0.6) is 17.2 Å². The molecule has 3 rings (SSSR count). The molecule has 2 unspecified atom stereocenters. The Morgan fingerprint density at radius 1 is 1.27 bits per heavy atom. The normalized spacial score (nSPS) is 18.7. The SMILES string of the molecule is COc1cc(C2CC(C(=O)N/N=C/c3cc(Br)ccc3O)NN2)ccc1OC(C)C. The van der Waals surface area contributed by atoms with Gasteiger partial charge in [0.2, 0.25) is 0 Å². The van der Waals surface area contributed by atoms with Gasteiger partial charge < -0.3 is 14.6 Å². The number of halogens is 1. The van der Waals surface area contributed by atoms with Gasteiger partial charge in [-0.05, 0) is 56.2 Å². The van der Waals surface area contributed by atoms with Crippen LogP contribution < -0.4 is 25.8 Å². The van der Waals surface area contributed by atoms with Crippen LogP contribution in [0, 0.1) is 0 Å². The van der Waals surface area contributed by atoms with Crippen LogP contribution in [0.2, 0.25) is 0 Å². The zero-order chi connectivity index (χ0) is 21.7. The van der Waals surface area contributed by atoms with Crippen LogP contribution in [0.15, 0.2) is 46.0 Å². The number of hydrogen-bond acceptors (Lipinski definition) is 7. The van der Waals surface area contributed by atoms with Gasteiger partial charge in [0.15, 0.2) is 11.5 Å². The summed E-state index contributed by atoms with van der Waals surface area (Å²) >= 11 is 3.33. The molecular formula is C21H25BrN4O4. The largest absolute Gasteiger partial charge is 0.507 e. The second-order valence-corrected chi connectivity index (χ2v) is 8.06. The number of ether oxygens (including phenoxy) is 2. The summed E-state index contributed by atoms with van der Waals surface area (Å²) in [5, 5.41) is 13.8. The number of phenolic OH excluding ortho intramolecular Hbond substituents is 1. The Bertz CT molecular complexity index is 935. The van der Waals surface area contributed by atoms with E-state index in [0.29, 0.717) is 23.5 Å². The molecule has 0 bridgehead atoms. The van der Waals surface area contributed by atoms with Crippen molar-refractivity contribution in [3.8, 4) is 17.2 Å². The summed E-state index contributed by atoms with van der Waals surface area (Å²) < 4.78 is 12.0. The first-order valence-corrected chi connectivity index (χ1v) is 10.3. The maximum Gasteiger partial charge on any atom is 0.258 e. The van der Waals surface area contributed by atoms with Crippen LogP contribution in [-0.4, -0.2) is 36.5 Å². The fourth-order valence-corrected chi connectivity index (χ4v) is 3.45. The van der Waals surface area contributed by atoms with Gasteiger partial charge in [0.25, 0.3) is 5.91 Å². The van der Waals surface area contributed by atoms with Crippen molar-refractivity contribution in [3.63, 3.8) is 0 Å².